The van der Waals surface area contributed by atoms with Crippen LogP contribution in [-0.4, -0.2) is 102 Å². The summed E-state index contributed by atoms with van der Waals surface area (Å²) in [5, 5.41) is 10.1. The summed E-state index contributed by atoms with van der Waals surface area (Å²) in [4.78, 5) is 52.7. The maximum absolute atomic E-state index is 15.4. The van der Waals surface area contributed by atoms with Crippen molar-refractivity contribution in [2.24, 2.45) is 14.1 Å². The summed E-state index contributed by atoms with van der Waals surface area (Å²) in [7, 11) is 1.62. The maximum atomic E-state index is 15.4. The van der Waals surface area contributed by atoms with Gasteiger partial charge < -0.3 is 32.8 Å². The van der Waals surface area contributed by atoms with Crippen molar-refractivity contribution in [2.75, 3.05) is 50.9 Å². The first-order valence-electron chi connectivity index (χ1n) is 26.0. The van der Waals surface area contributed by atoms with Gasteiger partial charge in [-0.05, 0) is 140 Å². The quantitative estimate of drug-likeness (QED) is 0.105. The Hall–Kier alpha value is -6.92. The number of anilines is 2. The molecule has 0 radical (unpaired) electrons. The van der Waals surface area contributed by atoms with E-state index in [1.165, 1.54) is 5.56 Å². The number of morpholine rings is 1. The van der Waals surface area contributed by atoms with Crippen LogP contribution in [0.4, 0.5) is 11.4 Å². The van der Waals surface area contributed by atoms with Gasteiger partial charge in [0.05, 0.1) is 30.9 Å². The first kappa shape index (κ1) is 52.0. The van der Waals surface area contributed by atoms with Crippen molar-refractivity contribution < 1.29 is 28.3 Å². The minimum Gasteiger partial charge on any atom is -0.544 e. The molecule has 1 atom stereocenters. The van der Waals surface area contributed by atoms with E-state index in [2.05, 4.69) is 76.0 Å². The van der Waals surface area contributed by atoms with Crippen LogP contribution in [-0.2, 0) is 56.0 Å². The first-order valence-corrected chi connectivity index (χ1v) is 28.9. The smallest absolute Gasteiger partial charge is 0.264 e. The molecular formula is C60H71N7O6Si. The molecule has 9 rings (SSSR count). The van der Waals surface area contributed by atoms with Crippen LogP contribution in [0.15, 0.2) is 97.1 Å². The second-order valence-electron chi connectivity index (χ2n) is 21.9. The monoisotopic (exact) mass is 1010 g/mol. The average Bonchev–Trinajstić information content (AvgIpc) is 3.85. The van der Waals surface area contributed by atoms with Gasteiger partial charge in [0.15, 0.2) is 0 Å². The van der Waals surface area contributed by atoms with E-state index in [1.54, 1.807) is 15.5 Å². The van der Waals surface area contributed by atoms with Gasteiger partial charge in [0.1, 0.15) is 29.9 Å². The molecule has 5 heterocycles. The zero-order chi connectivity index (χ0) is 52.6. The fourth-order valence-electron chi connectivity index (χ4n) is 10.2. The normalized spacial score (nSPS) is 16.0. The molecule has 13 nitrogen and oxygen atoms in total. The third kappa shape index (κ3) is 10.6. The highest BCUT2D eigenvalue weighted by molar-refractivity contribution is 6.74. The van der Waals surface area contributed by atoms with Gasteiger partial charge in [-0.1, -0.05) is 57.2 Å². The molecule has 1 saturated heterocycles. The predicted octanol–water partition coefficient (Wildman–Crippen LogP) is 10.3. The van der Waals surface area contributed by atoms with Gasteiger partial charge in [0.2, 0.25) is 14.2 Å². The number of carbonyl (C=O) groups is 3. The molecule has 2 aromatic heterocycles. The summed E-state index contributed by atoms with van der Waals surface area (Å²) in [6.45, 7) is 23.1. The van der Waals surface area contributed by atoms with Crippen molar-refractivity contribution in [1.29, 1.82) is 5.26 Å². The van der Waals surface area contributed by atoms with Crippen molar-refractivity contribution in [3.05, 3.63) is 153 Å². The molecule has 0 spiro atoms. The molecule has 0 aliphatic carbocycles. The SMILES string of the molecule is Cc1c(N(C(=O)c2cc(-c3cc4c(cc3C(=O)N3Cc5ccccc5CC3C)CN(C(=O)Cc3ccc(OCCN5CCOCC5)cc3)CC4)n(C)c2C)c2ccc(O[Si](C)(C)C(C)(C)C)cc2)cc(C#N)n1C. The number of benzene rings is 4. The molecule has 0 bridgehead atoms. The number of hydrogen-bond acceptors (Lipinski definition) is 8. The third-order valence-electron chi connectivity index (χ3n) is 16.1. The molecule has 3 amide bonds. The Kier molecular flexibility index (Phi) is 14.8. The minimum atomic E-state index is -2.15. The Balaban J connectivity index is 1.03. The Bertz CT molecular complexity index is 3120. The molecule has 14 heteroatoms. The number of nitrogens with zero attached hydrogens (tertiary/aromatic N) is 7. The number of carbonyl (C=O) groups excluding carboxylic acids is 3. The molecule has 0 saturated carbocycles. The van der Waals surface area contributed by atoms with Gasteiger partial charge in [-0.3, -0.25) is 24.2 Å². The summed E-state index contributed by atoms with van der Waals surface area (Å²) in [6.07, 6.45) is 1.60. The summed E-state index contributed by atoms with van der Waals surface area (Å²) in [5.41, 5.74) is 10.9. The number of nitriles is 1. The van der Waals surface area contributed by atoms with Crippen molar-refractivity contribution >= 4 is 37.4 Å². The van der Waals surface area contributed by atoms with E-state index in [4.69, 9.17) is 13.9 Å². The van der Waals surface area contributed by atoms with E-state index in [-0.39, 0.29) is 35.2 Å². The number of aromatic nitrogens is 2. The van der Waals surface area contributed by atoms with Crippen molar-refractivity contribution in [3.8, 4) is 28.8 Å². The van der Waals surface area contributed by atoms with Crippen LogP contribution in [0.25, 0.3) is 11.3 Å². The lowest BCUT2D eigenvalue weighted by atomic mass is 9.89. The van der Waals surface area contributed by atoms with Crippen LogP contribution < -0.4 is 14.1 Å². The van der Waals surface area contributed by atoms with Gasteiger partial charge in [-0.2, -0.15) is 5.26 Å². The summed E-state index contributed by atoms with van der Waals surface area (Å²) in [5.74, 6) is 1.17. The summed E-state index contributed by atoms with van der Waals surface area (Å²) in [6, 6.07) is 33.8. The van der Waals surface area contributed by atoms with Crippen LogP contribution in [0.5, 0.6) is 11.5 Å². The van der Waals surface area contributed by atoms with Crippen LogP contribution >= 0.6 is 0 Å². The molecule has 3 aliphatic rings. The Morgan fingerprint density at radius 1 is 0.797 bits per heavy atom. The molecule has 3 aliphatic heterocycles. The molecule has 74 heavy (non-hydrogen) atoms. The number of amides is 3. The Morgan fingerprint density at radius 2 is 1.49 bits per heavy atom. The standard InChI is InChI=1S/C60H71N7O6Si/c1-40-31-44-13-11-12-14-46(44)39-66(40)58(69)54-34-47-38-65(57(68)32-43-15-19-50(20-16-43)72-30-27-64-25-28-71-29-26-64)24-23-45(47)33-53(54)56-36-52(41(2)63(56)8)59(70)67(55-35-49(37-61)62(7)42(55)3)48-17-21-51(22-18-48)73-74(9,10)60(4,5)6/h11-22,33-36,40H,23-32,38-39H2,1-10H3. The van der Waals surface area contributed by atoms with E-state index in [0.717, 1.165) is 95.7 Å². The van der Waals surface area contributed by atoms with E-state index in [9.17, 15) is 10.1 Å². The topological polar surface area (TPSA) is 126 Å². The van der Waals surface area contributed by atoms with Crippen molar-refractivity contribution in [2.45, 2.75) is 98.1 Å². The van der Waals surface area contributed by atoms with E-state index in [1.807, 2.05) is 109 Å². The maximum Gasteiger partial charge on any atom is 0.264 e. The van der Waals surface area contributed by atoms with E-state index in [0.29, 0.717) is 60.9 Å². The lowest BCUT2D eigenvalue weighted by Crippen LogP contribution is -2.43. The molecular weight excluding hydrogens is 943 g/mol. The number of fused-ring (bicyclic) bond motifs is 2. The van der Waals surface area contributed by atoms with Crippen LogP contribution in [0.1, 0.15) is 93.3 Å². The predicted molar refractivity (Wildman–Crippen MR) is 293 cm³/mol. The molecule has 1 unspecified atom stereocenters. The number of ether oxygens (including phenoxy) is 2. The lowest BCUT2D eigenvalue weighted by molar-refractivity contribution is -0.131. The van der Waals surface area contributed by atoms with Gasteiger partial charge in [0, 0.05) is 93.3 Å². The van der Waals surface area contributed by atoms with Crippen molar-refractivity contribution in [3.63, 3.8) is 0 Å². The highest BCUT2D eigenvalue weighted by Gasteiger charge is 2.39. The van der Waals surface area contributed by atoms with Gasteiger partial charge in [-0.25, -0.2) is 0 Å². The zero-order valence-corrected chi connectivity index (χ0v) is 45.9. The fraction of sp³-hybridized carbons (Fsp3) is 0.400. The second kappa shape index (κ2) is 21.1. The largest absolute Gasteiger partial charge is 0.544 e. The van der Waals surface area contributed by atoms with Gasteiger partial charge in [0.25, 0.3) is 11.8 Å². The molecule has 6 aromatic rings. The minimum absolute atomic E-state index is 0.00128. The van der Waals surface area contributed by atoms with Crippen molar-refractivity contribution in [1.82, 2.24) is 23.8 Å². The fourth-order valence-corrected chi connectivity index (χ4v) is 11.2. The molecule has 1 fully saturated rings. The number of hydrogen-bond donors (Lipinski definition) is 0. The first-order chi connectivity index (χ1) is 35.3. The van der Waals surface area contributed by atoms with Crippen LogP contribution in [0, 0.1) is 25.2 Å². The summed E-state index contributed by atoms with van der Waals surface area (Å²) >= 11 is 0. The third-order valence-corrected chi connectivity index (χ3v) is 20.5. The highest BCUT2D eigenvalue weighted by atomic mass is 28.4. The lowest BCUT2D eigenvalue weighted by Gasteiger charge is -2.36. The van der Waals surface area contributed by atoms with Crippen LogP contribution in [0.3, 0.4) is 0 Å². The molecule has 0 N–H and O–H groups in total. The second-order valence-corrected chi connectivity index (χ2v) is 26.6. The van der Waals surface area contributed by atoms with E-state index < -0.39 is 8.32 Å². The Morgan fingerprint density at radius 3 is 2.16 bits per heavy atom. The van der Waals surface area contributed by atoms with Gasteiger partial charge >= 0.3 is 0 Å². The number of rotatable bonds is 13. The van der Waals surface area contributed by atoms with Crippen LogP contribution in [0.2, 0.25) is 18.1 Å². The van der Waals surface area contributed by atoms with Gasteiger partial charge in [-0.15, -0.1) is 0 Å². The average molecular weight is 1010 g/mol. The molecule has 4 aromatic carbocycles. The Labute approximate surface area is 438 Å². The van der Waals surface area contributed by atoms with E-state index >= 15 is 9.59 Å². The zero-order valence-electron chi connectivity index (χ0n) is 44.9. The highest BCUT2D eigenvalue weighted by Crippen LogP contribution is 2.41. The molecule has 386 valence electrons. The summed E-state index contributed by atoms with van der Waals surface area (Å²) < 4.78 is 21.9.